The minimum Gasteiger partial charge on any atom is -0.478 e. The van der Waals surface area contributed by atoms with Crippen molar-refractivity contribution in [1.82, 2.24) is 5.32 Å². The number of carboxylic acid groups (broad SMARTS) is 1. The first-order valence-corrected chi connectivity index (χ1v) is 6.78. The molecule has 0 aliphatic carbocycles. The van der Waals surface area contributed by atoms with E-state index in [2.05, 4.69) is 10.6 Å². The molecular weight excluding hydrogens is 270 g/mol. The van der Waals surface area contributed by atoms with Gasteiger partial charge in [0.25, 0.3) is 0 Å². The number of nitrogens with one attached hydrogen (secondary N) is 2. The van der Waals surface area contributed by atoms with E-state index in [0.29, 0.717) is 24.2 Å². The van der Waals surface area contributed by atoms with Crippen molar-refractivity contribution in [3.63, 3.8) is 0 Å². The number of benzene rings is 1. The SMILES string of the molecule is Cc1cc(NCCC(=O)NC(C)(C)C)cc(C(=O)O)c1N. The predicted molar refractivity (Wildman–Crippen MR) is 83.6 cm³/mol. The van der Waals surface area contributed by atoms with E-state index in [9.17, 15) is 9.59 Å². The van der Waals surface area contributed by atoms with Crippen LogP contribution in [0.2, 0.25) is 0 Å². The van der Waals surface area contributed by atoms with Crippen LogP contribution in [0.4, 0.5) is 11.4 Å². The van der Waals surface area contributed by atoms with Gasteiger partial charge in [0.2, 0.25) is 5.91 Å². The summed E-state index contributed by atoms with van der Waals surface area (Å²) in [6, 6.07) is 3.25. The van der Waals surface area contributed by atoms with Crippen molar-refractivity contribution in [2.45, 2.75) is 39.7 Å². The first-order chi connectivity index (χ1) is 9.60. The fourth-order valence-electron chi connectivity index (χ4n) is 1.88. The maximum absolute atomic E-state index is 11.7. The smallest absolute Gasteiger partial charge is 0.337 e. The van der Waals surface area contributed by atoms with Crippen LogP contribution in [0, 0.1) is 6.92 Å². The lowest BCUT2D eigenvalue weighted by Gasteiger charge is -2.20. The van der Waals surface area contributed by atoms with Crippen molar-refractivity contribution in [1.29, 1.82) is 0 Å². The lowest BCUT2D eigenvalue weighted by molar-refractivity contribution is -0.122. The summed E-state index contributed by atoms with van der Waals surface area (Å²) in [6.45, 7) is 7.92. The Morgan fingerprint density at radius 1 is 1.29 bits per heavy atom. The van der Waals surface area contributed by atoms with Crippen molar-refractivity contribution in [3.05, 3.63) is 23.3 Å². The molecule has 1 amide bonds. The molecule has 0 aliphatic heterocycles. The molecule has 0 spiro atoms. The average molecular weight is 293 g/mol. The fraction of sp³-hybridized carbons (Fsp3) is 0.467. The van der Waals surface area contributed by atoms with Gasteiger partial charge in [-0.25, -0.2) is 4.79 Å². The number of aromatic carboxylic acids is 1. The molecule has 5 N–H and O–H groups in total. The molecule has 0 atom stereocenters. The molecule has 116 valence electrons. The molecule has 6 nitrogen and oxygen atoms in total. The first kappa shape index (κ1) is 16.8. The number of carbonyl (C=O) groups excluding carboxylic acids is 1. The fourth-order valence-corrected chi connectivity index (χ4v) is 1.88. The van der Waals surface area contributed by atoms with E-state index in [1.54, 1.807) is 13.0 Å². The van der Waals surface area contributed by atoms with Crippen LogP contribution in [0.25, 0.3) is 0 Å². The highest BCUT2D eigenvalue weighted by Crippen LogP contribution is 2.22. The van der Waals surface area contributed by atoms with Crippen LogP contribution in [-0.4, -0.2) is 29.1 Å². The van der Waals surface area contributed by atoms with Gasteiger partial charge in [-0.15, -0.1) is 0 Å². The van der Waals surface area contributed by atoms with Crippen LogP contribution in [0.15, 0.2) is 12.1 Å². The first-order valence-electron chi connectivity index (χ1n) is 6.78. The van der Waals surface area contributed by atoms with Gasteiger partial charge in [-0.3, -0.25) is 4.79 Å². The molecule has 0 aromatic heterocycles. The Labute approximate surface area is 124 Å². The van der Waals surface area contributed by atoms with Gasteiger partial charge in [0.15, 0.2) is 0 Å². The third-order valence-electron chi connectivity index (χ3n) is 2.81. The molecule has 1 aromatic carbocycles. The average Bonchev–Trinajstić information content (AvgIpc) is 2.30. The van der Waals surface area contributed by atoms with Crippen LogP contribution in [0.5, 0.6) is 0 Å². The standard InChI is InChI=1S/C15H23N3O3/c1-9-7-10(8-11(13(9)16)14(20)21)17-6-5-12(19)18-15(2,3)4/h7-8,17H,5-6,16H2,1-4H3,(H,18,19)(H,20,21). The molecular formula is C15H23N3O3. The van der Waals surface area contributed by atoms with Gasteiger partial charge in [-0.1, -0.05) is 0 Å². The molecule has 0 fully saturated rings. The maximum atomic E-state index is 11.7. The largest absolute Gasteiger partial charge is 0.478 e. The van der Waals surface area contributed by atoms with E-state index in [4.69, 9.17) is 10.8 Å². The lowest BCUT2D eigenvalue weighted by atomic mass is 10.1. The number of amides is 1. The van der Waals surface area contributed by atoms with Crippen LogP contribution in [0.3, 0.4) is 0 Å². The van der Waals surface area contributed by atoms with Crippen LogP contribution >= 0.6 is 0 Å². The summed E-state index contributed by atoms with van der Waals surface area (Å²) in [6.07, 6.45) is 0.309. The Kier molecular flexibility index (Phi) is 5.18. The Bertz CT molecular complexity index is 548. The van der Waals surface area contributed by atoms with E-state index in [1.807, 2.05) is 20.8 Å². The molecule has 0 saturated carbocycles. The minimum absolute atomic E-state index is 0.0550. The lowest BCUT2D eigenvalue weighted by Crippen LogP contribution is -2.41. The summed E-state index contributed by atoms with van der Waals surface area (Å²) in [5.74, 6) is -1.12. The number of carbonyl (C=O) groups is 2. The predicted octanol–water partition coefficient (Wildman–Crippen LogP) is 1.99. The highest BCUT2D eigenvalue weighted by molar-refractivity contribution is 5.95. The molecule has 0 unspecified atom stereocenters. The highest BCUT2D eigenvalue weighted by atomic mass is 16.4. The van der Waals surface area contributed by atoms with E-state index in [1.165, 1.54) is 6.07 Å². The number of hydrogen-bond acceptors (Lipinski definition) is 4. The Morgan fingerprint density at radius 3 is 2.43 bits per heavy atom. The number of nitrogens with two attached hydrogens (primary N) is 1. The van der Waals surface area contributed by atoms with E-state index >= 15 is 0 Å². The van der Waals surface area contributed by atoms with Crippen LogP contribution in [-0.2, 0) is 4.79 Å². The quantitative estimate of drug-likeness (QED) is 0.621. The summed E-state index contributed by atoms with van der Waals surface area (Å²) < 4.78 is 0. The molecule has 6 heteroatoms. The monoisotopic (exact) mass is 293 g/mol. The molecule has 21 heavy (non-hydrogen) atoms. The molecule has 0 radical (unpaired) electrons. The number of aryl methyl sites for hydroxylation is 1. The highest BCUT2D eigenvalue weighted by Gasteiger charge is 2.14. The number of hydrogen-bond donors (Lipinski definition) is 4. The molecule has 1 rings (SSSR count). The third-order valence-corrected chi connectivity index (χ3v) is 2.81. The molecule has 0 saturated heterocycles. The van der Waals surface area contributed by atoms with E-state index in [0.717, 1.165) is 0 Å². The van der Waals surface area contributed by atoms with Crippen molar-refractivity contribution in [2.75, 3.05) is 17.6 Å². The summed E-state index contributed by atoms with van der Waals surface area (Å²) in [5, 5.41) is 15.0. The third kappa shape index (κ3) is 5.33. The summed E-state index contributed by atoms with van der Waals surface area (Å²) in [4.78, 5) is 22.8. The molecule has 1 aromatic rings. The van der Waals surface area contributed by atoms with Gasteiger partial charge in [0.05, 0.1) is 5.56 Å². The van der Waals surface area contributed by atoms with E-state index in [-0.39, 0.29) is 22.7 Å². The van der Waals surface area contributed by atoms with Gasteiger partial charge in [-0.2, -0.15) is 0 Å². The van der Waals surface area contributed by atoms with E-state index < -0.39 is 5.97 Å². The second kappa shape index (κ2) is 6.47. The number of nitrogen functional groups attached to an aromatic ring is 1. The van der Waals surface area contributed by atoms with Crippen molar-refractivity contribution < 1.29 is 14.7 Å². The molecule has 0 aliphatic rings. The van der Waals surface area contributed by atoms with Crippen molar-refractivity contribution >= 4 is 23.3 Å². The zero-order chi connectivity index (χ0) is 16.2. The molecule has 0 bridgehead atoms. The van der Waals surface area contributed by atoms with Crippen LogP contribution in [0.1, 0.15) is 43.1 Å². The molecule has 0 heterocycles. The summed E-state index contributed by atoms with van der Waals surface area (Å²) in [5.41, 5.74) is 7.13. The number of carboxylic acids is 1. The topological polar surface area (TPSA) is 104 Å². The van der Waals surface area contributed by atoms with Gasteiger partial charge >= 0.3 is 5.97 Å². The number of rotatable bonds is 5. The minimum atomic E-state index is -1.07. The summed E-state index contributed by atoms with van der Waals surface area (Å²) >= 11 is 0. The van der Waals surface area contributed by atoms with Crippen LogP contribution < -0.4 is 16.4 Å². The zero-order valence-electron chi connectivity index (χ0n) is 12.9. The number of anilines is 2. The van der Waals surface area contributed by atoms with Gasteiger partial charge < -0.3 is 21.5 Å². The summed E-state index contributed by atoms with van der Waals surface area (Å²) in [7, 11) is 0. The zero-order valence-corrected chi connectivity index (χ0v) is 12.9. The Balaban J connectivity index is 2.65. The van der Waals surface area contributed by atoms with Gasteiger partial charge in [-0.05, 0) is 45.4 Å². The normalized spacial score (nSPS) is 11.0. The Hall–Kier alpha value is -2.24. The maximum Gasteiger partial charge on any atom is 0.337 e. The second-order valence-electron chi connectivity index (χ2n) is 6.03. The Morgan fingerprint density at radius 2 is 1.90 bits per heavy atom. The van der Waals surface area contributed by atoms with Crippen molar-refractivity contribution in [3.8, 4) is 0 Å². The van der Waals surface area contributed by atoms with Gasteiger partial charge in [0.1, 0.15) is 0 Å². The van der Waals surface area contributed by atoms with Gasteiger partial charge in [0, 0.05) is 29.9 Å². The van der Waals surface area contributed by atoms with Crippen molar-refractivity contribution in [2.24, 2.45) is 0 Å². The second-order valence-corrected chi connectivity index (χ2v) is 6.03.